The van der Waals surface area contributed by atoms with Crippen molar-refractivity contribution >= 4 is 79.8 Å². The first-order valence-electron chi connectivity index (χ1n) is 9.99. The summed E-state index contributed by atoms with van der Waals surface area (Å²) in [6, 6.07) is 21.9. The molecule has 0 atom stereocenters. The molecule has 1 saturated heterocycles. The van der Waals surface area contributed by atoms with Crippen LogP contribution in [-0.2, 0) is 11.2 Å². The highest BCUT2D eigenvalue weighted by Crippen LogP contribution is 2.36. The van der Waals surface area contributed by atoms with Crippen molar-refractivity contribution in [1.82, 2.24) is 4.90 Å². The molecule has 0 saturated carbocycles. The smallest absolute Gasteiger partial charge is 0.266 e. The predicted octanol–water partition coefficient (Wildman–Crippen LogP) is 6.76. The molecule has 4 rings (SSSR count). The Morgan fingerprint density at radius 2 is 1.69 bits per heavy atom. The van der Waals surface area contributed by atoms with Crippen LogP contribution in [0.5, 0.6) is 5.75 Å². The second-order valence-corrected chi connectivity index (χ2v) is 10.7. The van der Waals surface area contributed by atoms with E-state index in [2.05, 4.69) is 57.3 Å². The number of aromatic hydroxyl groups is 1. The van der Waals surface area contributed by atoms with Crippen LogP contribution in [0.15, 0.2) is 76.6 Å². The van der Waals surface area contributed by atoms with Crippen molar-refractivity contribution in [1.29, 1.82) is 0 Å². The summed E-state index contributed by atoms with van der Waals surface area (Å²) < 4.78 is 1.51. The number of phenolic OH excluding ortho intramolecular Hbond substituents is 1. The van der Waals surface area contributed by atoms with Gasteiger partial charge in [0, 0.05) is 6.54 Å². The van der Waals surface area contributed by atoms with Crippen molar-refractivity contribution in [3.63, 3.8) is 0 Å². The Balaban J connectivity index is 1.66. The summed E-state index contributed by atoms with van der Waals surface area (Å²) in [6.07, 6.45) is 2.63. The molecule has 32 heavy (non-hydrogen) atoms. The maximum Gasteiger partial charge on any atom is 0.266 e. The van der Waals surface area contributed by atoms with Gasteiger partial charge in [-0.25, -0.2) is 4.99 Å². The predicted molar refractivity (Wildman–Crippen MR) is 149 cm³/mol. The van der Waals surface area contributed by atoms with Gasteiger partial charge in [0.15, 0.2) is 5.17 Å². The number of carbonyl (C=O) groups is 1. The summed E-state index contributed by atoms with van der Waals surface area (Å²) >= 11 is 5.60. The molecular weight excluding hydrogens is 646 g/mol. The molecule has 1 aliphatic heterocycles. The number of nitrogens with zero attached hydrogens (tertiary/aromatic N) is 2. The molecule has 0 aliphatic carbocycles. The Kier molecular flexibility index (Phi) is 7.57. The van der Waals surface area contributed by atoms with Gasteiger partial charge in [0.25, 0.3) is 5.91 Å². The molecule has 0 spiro atoms. The van der Waals surface area contributed by atoms with Crippen LogP contribution in [0.2, 0.25) is 0 Å². The van der Waals surface area contributed by atoms with Gasteiger partial charge in [0.05, 0.1) is 17.7 Å². The van der Waals surface area contributed by atoms with Crippen LogP contribution in [0.3, 0.4) is 0 Å². The topological polar surface area (TPSA) is 52.9 Å². The molecule has 7 heteroatoms. The van der Waals surface area contributed by atoms with E-state index in [-0.39, 0.29) is 11.7 Å². The normalized spacial score (nSPS) is 16.3. The van der Waals surface area contributed by atoms with Crippen LogP contribution in [0.1, 0.15) is 16.7 Å². The van der Waals surface area contributed by atoms with Crippen molar-refractivity contribution in [2.45, 2.75) is 13.3 Å². The second kappa shape index (κ2) is 10.4. The minimum absolute atomic E-state index is 0.0464. The van der Waals surface area contributed by atoms with Crippen LogP contribution in [0, 0.1) is 14.1 Å². The summed E-state index contributed by atoms with van der Waals surface area (Å²) in [5.74, 6) is 0.222. The third-order valence-corrected chi connectivity index (χ3v) is 7.60. The Morgan fingerprint density at radius 1 is 1.03 bits per heavy atom. The van der Waals surface area contributed by atoms with Crippen LogP contribution in [0.25, 0.3) is 6.08 Å². The largest absolute Gasteiger partial charge is 0.506 e. The monoisotopic (exact) mass is 666 g/mol. The molecule has 0 unspecified atom stereocenters. The van der Waals surface area contributed by atoms with Crippen LogP contribution in [-0.4, -0.2) is 27.6 Å². The zero-order valence-corrected chi connectivity index (χ0v) is 22.4. The quantitative estimate of drug-likeness (QED) is 0.242. The van der Waals surface area contributed by atoms with Crippen molar-refractivity contribution in [2.75, 3.05) is 6.54 Å². The zero-order chi connectivity index (χ0) is 22.7. The molecule has 3 aromatic carbocycles. The van der Waals surface area contributed by atoms with E-state index in [0.717, 1.165) is 24.8 Å². The molecule has 0 aromatic heterocycles. The number of hydrogen-bond donors (Lipinski definition) is 1. The summed E-state index contributed by atoms with van der Waals surface area (Å²) in [5, 5.41) is 10.7. The molecule has 4 nitrogen and oxygen atoms in total. The molecule has 1 fully saturated rings. The molecule has 162 valence electrons. The molecule has 1 aliphatic rings. The number of amides is 1. The highest BCUT2D eigenvalue weighted by molar-refractivity contribution is 14.1. The van der Waals surface area contributed by atoms with E-state index < -0.39 is 0 Å². The molecule has 1 N–H and O–H groups in total. The lowest BCUT2D eigenvalue weighted by atomic mass is 10.1. The van der Waals surface area contributed by atoms with Gasteiger partial charge >= 0.3 is 0 Å². The Bertz CT molecular complexity index is 1190. The number of halogens is 2. The third kappa shape index (κ3) is 5.55. The van der Waals surface area contributed by atoms with Gasteiger partial charge in [-0.3, -0.25) is 9.69 Å². The van der Waals surface area contributed by atoms with Crippen LogP contribution in [0.4, 0.5) is 5.69 Å². The lowest BCUT2D eigenvalue weighted by Crippen LogP contribution is -2.31. The summed E-state index contributed by atoms with van der Waals surface area (Å²) in [4.78, 5) is 20.5. The molecule has 1 heterocycles. The Labute approximate surface area is 219 Å². The second-order valence-electron chi connectivity index (χ2n) is 7.37. The summed E-state index contributed by atoms with van der Waals surface area (Å²) in [5.41, 5.74) is 4.06. The van der Waals surface area contributed by atoms with Crippen LogP contribution >= 0.6 is 56.9 Å². The molecule has 0 radical (unpaired) electrons. The standard InChI is InChI=1S/C25H20I2N2O2S/c1-16-7-9-19(10-8-16)28-25-29(12-11-17-5-3-2-4-6-17)24(31)22(32-25)15-18-13-20(26)23(30)21(27)14-18/h2-10,13-15,30H,11-12H2,1H3/b22-15+,28-25?. The van der Waals surface area contributed by atoms with E-state index in [1.165, 1.54) is 22.9 Å². The fourth-order valence-electron chi connectivity index (χ4n) is 3.22. The number of carbonyl (C=O) groups excluding carboxylic acids is 1. The minimum atomic E-state index is -0.0464. The summed E-state index contributed by atoms with van der Waals surface area (Å²) in [7, 11) is 0. The van der Waals surface area contributed by atoms with Crippen molar-refractivity contribution in [3.05, 3.63) is 95.5 Å². The van der Waals surface area contributed by atoms with Crippen molar-refractivity contribution in [2.24, 2.45) is 4.99 Å². The SMILES string of the molecule is Cc1ccc(N=C2S/C(=C/c3cc(I)c(O)c(I)c3)C(=O)N2CCc2ccccc2)cc1. The van der Waals surface area contributed by atoms with Gasteiger partial charge in [0.1, 0.15) is 5.75 Å². The maximum atomic E-state index is 13.3. The highest BCUT2D eigenvalue weighted by atomic mass is 127. The maximum absolute atomic E-state index is 13.3. The fourth-order valence-corrected chi connectivity index (χ4v) is 6.06. The van der Waals surface area contributed by atoms with Gasteiger partial charge < -0.3 is 5.11 Å². The number of hydrogen-bond acceptors (Lipinski definition) is 4. The van der Waals surface area contributed by atoms with E-state index in [9.17, 15) is 9.90 Å². The van der Waals surface area contributed by atoms with Crippen molar-refractivity contribution in [3.8, 4) is 5.75 Å². The first-order chi connectivity index (χ1) is 15.4. The number of aliphatic imine (C=N–C) groups is 1. The zero-order valence-electron chi connectivity index (χ0n) is 17.3. The lowest BCUT2D eigenvalue weighted by Gasteiger charge is -2.15. The Morgan fingerprint density at radius 3 is 2.34 bits per heavy atom. The van der Waals surface area contributed by atoms with Crippen molar-refractivity contribution < 1.29 is 9.90 Å². The van der Waals surface area contributed by atoms with E-state index >= 15 is 0 Å². The third-order valence-electron chi connectivity index (χ3n) is 4.95. The molecule has 3 aromatic rings. The van der Waals surface area contributed by atoms with Gasteiger partial charge in [-0.05, 0) is 112 Å². The number of amidine groups is 1. The van der Waals surface area contributed by atoms with E-state index in [1.807, 2.05) is 67.6 Å². The lowest BCUT2D eigenvalue weighted by molar-refractivity contribution is -0.122. The average Bonchev–Trinajstić information content (AvgIpc) is 3.06. The number of phenols is 1. The Hall–Kier alpha value is -1.85. The number of rotatable bonds is 5. The molecule has 1 amide bonds. The molecular formula is C25H20I2N2O2S. The first-order valence-corrected chi connectivity index (χ1v) is 13.0. The number of aryl methyl sites for hydroxylation is 1. The van der Waals surface area contributed by atoms with E-state index in [4.69, 9.17) is 4.99 Å². The fraction of sp³-hybridized carbons (Fsp3) is 0.120. The molecule has 0 bridgehead atoms. The number of benzene rings is 3. The number of thioether (sulfide) groups is 1. The highest BCUT2D eigenvalue weighted by Gasteiger charge is 2.33. The van der Waals surface area contributed by atoms with Crippen LogP contribution < -0.4 is 0 Å². The van der Waals surface area contributed by atoms with E-state index in [0.29, 0.717) is 16.6 Å². The van der Waals surface area contributed by atoms with Gasteiger partial charge in [0.2, 0.25) is 0 Å². The minimum Gasteiger partial charge on any atom is -0.506 e. The van der Waals surface area contributed by atoms with Gasteiger partial charge in [-0.15, -0.1) is 0 Å². The van der Waals surface area contributed by atoms with Gasteiger partial charge in [-0.2, -0.15) is 0 Å². The summed E-state index contributed by atoms with van der Waals surface area (Å²) in [6.45, 7) is 2.60. The average molecular weight is 666 g/mol. The van der Waals surface area contributed by atoms with Gasteiger partial charge in [-0.1, -0.05) is 48.0 Å². The first kappa shape index (κ1) is 23.3. The van der Waals surface area contributed by atoms with E-state index in [1.54, 1.807) is 4.90 Å².